The van der Waals surface area contributed by atoms with Crippen molar-refractivity contribution in [2.24, 2.45) is 0 Å². The second-order valence-electron chi connectivity index (χ2n) is 8.33. The number of rotatable bonds is 5. The quantitative estimate of drug-likeness (QED) is 0.332. The molecule has 1 aliphatic heterocycles. The van der Waals surface area contributed by atoms with Crippen LogP contribution in [0.2, 0.25) is 5.02 Å². The van der Waals surface area contributed by atoms with E-state index >= 15 is 0 Å². The number of nitrogens with zero attached hydrogens (tertiary/aromatic N) is 3. The molecule has 2 atom stereocenters. The summed E-state index contributed by atoms with van der Waals surface area (Å²) in [7, 11) is 1.68. The fourth-order valence-electron chi connectivity index (χ4n) is 4.77. The number of aromatic nitrogens is 2. The van der Waals surface area contributed by atoms with Crippen LogP contribution in [0.4, 0.5) is 5.69 Å². The van der Waals surface area contributed by atoms with Crippen LogP contribution in [-0.2, 0) is 0 Å². The molecule has 1 fully saturated rings. The van der Waals surface area contributed by atoms with Gasteiger partial charge in [-0.15, -0.1) is 0 Å². The number of pyridine rings is 1. The standard InChI is InChI=1S/C27H25ClN4OS/c1-17-16-23(18(2)31(17)20-11-13-22(33-3)14-12-20)26-25(24-6-4-5-15-29-24)30-27(34)32(26)21-9-7-19(28)8-10-21/h4-16,25-26H,1-3H3,(H,30,34)/t25-,26-/m1/s1. The van der Waals surface area contributed by atoms with Crippen molar-refractivity contribution in [1.29, 1.82) is 0 Å². The zero-order valence-corrected chi connectivity index (χ0v) is 20.8. The molecule has 0 aliphatic carbocycles. The van der Waals surface area contributed by atoms with Crippen molar-refractivity contribution in [3.8, 4) is 11.4 Å². The van der Waals surface area contributed by atoms with E-state index in [1.165, 1.54) is 5.56 Å². The van der Waals surface area contributed by atoms with E-state index in [9.17, 15) is 0 Å². The molecule has 2 aromatic carbocycles. The summed E-state index contributed by atoms with van der Waals surface area (Å²) in [6, 6.07) is 24.0. The topological polar surface area (TPSA) is 42.3 Å². The molecule has 2 aromatic heterocycles. The first-order chi connectivity index (χ1) is 16.5. The number of halogens is 1. The monoisotopic (exact) mass is 488 g/mol. The van der Waals surface area contributed by atoms with Crippen molar-refractivity contribution in [3.05, 3.63) is 107 Å². The Hall–Kier alpha value is -3.35. The minimum atomic E-state index is -0.103. The Balaban J connectivity index is 1.65. The molecular formula is C27H25ClN4OS. The third kappa shape index (κ3) is 3.93. The highest BCUT2D eigenvalue weighted by molar-refractivity contribution is 7.80. The summed E-state index contributed by atoms with van der Waals surface area (Å²) in [4.78, 5) is 6.83. The third-order valence-corrected chi connectivity index (χ3v) is 6.89. The smallest absolute Gasteiger partial charge is 0.174 e. The number of hydrogen-bond acceptors (Lipinski definition) is 3. The van der Waals surface area contributed by atoms with E-state index < -0.39 is 0 Å². The summed E-state index contributed by atoms with van der Waals surface area (Å²) in [5.41, 5.74) is 6.50. The predicted molar refractivity (Wildman–Crippen MR) is 141 cm³/mol. The lowest BCUT2D eigenvalue weighted by molar-refractivity contribution is 0.414. The first kappa shape index (κ1) is 22.4. The van der Waals surface area contributed by atoms with Gasteiger partial charge < -0.3 is 19.5 Å². The van der Waals surface area contributed by atoms with Gasteiger partial charge in [-0.05, 0) is 98.4 Å². The molecule has 34 heavy (non-hydrogen) atoms. The number of anilines is 1. The minimum Gasteiger partial charge on any atom is -0.497 e. The molecule has 0 amide bonds. The van der Waals surface area contributed by atoms with Crippen LogP contribution < -0.4 is 15.0 Å². The van der Waals surface area contributed by atoms with E-state index in [0.29, 0.717) is 10.1 Å². The van der Waals surface area contributed by atoms with E-state index in [1.54, 1.807) is 7.11 Å². The highest BCUT2D eigenvalue weighted by Gasteiger charge is 2.42. The van der Waals surface area contributed by atoms with Crippen LogP contribution in [0.1, 0.15) is 34.7 Å². The molecular weight excluding hydrogens is 464 g/mol. The van der Waals surface area contributed by atoms with Crippen LogP contribution in [0.3, 0.4) is 0 Å². The van der Waals surface area contributed by atoms with Crippen molar-refractivity contribution >= 4 is 34.6 Å². The lowest BCUT2D eigenvalue weighted by Crippen LogP contribution is -2.29. The zero-order valence-electron chi connectivity index (χ0n) is 19.2. The number of benzene rings is 2. The summed E-state index contributed by atoms with van der Waals surface area (Å²) in [6.45, 7) is 4.29. The summed E-state index contributed by atoms with van der Waals surface area (Å²) in [5, 5.41) is 4.88. The summed E-state index contributed by atoms with van der Waals surface area (Å²) >= 11 is 12.0. The Labute approximate surface area is 210 Å². The number of nitrogens with one attached hydrogen (secondary N) is 1. The van der Waals surface area contributed by atoms with Crippen LogP contribution in [0.15, 0.2) is 79.0 Å². The van der Waals surface area contributed by atoms with Gasteiger partial charge in [-0.25, -0.2) is 0 Å². The molecule has 0 unspecified atom stereocenters. The maximum Gasteiger partial charge on any atom is 0.174 e. The molecule has 1 saturated heterocycles. The molecule has 0 saturated carbocycles. The summed E-state index contributed by atoms with van der Waals surface area (Å²) in [5.74, 6) is 0.834. The van der Waals surface area contributed by atoms with Gasteiger partial charge in [0.2, 0.25) is 0 Å². The molecule has 5 rings (SSSR count). The number of hydrogen-bond donors (Lipinski definition) is 1. The van der Waals surface area contributed by atoms with Gasteiger partial charge in [-0.2, -0.15) is 0 Å². The zero-order chi connectivity index (χ0) is 23.8. The molecule has 0 spiro atoms. The predicted octanol–water partition coefficient (Wildman–Crippen LogP) is 6.33. The van der Waals surface area contributed by atoms with Gasteiger partial charge in [0.05, 0.1) is 24.9 Å². The van der Waals surface area contributed by atoms with Crippen LogP contribution in [0.5, 0.6) is 5.75 Å². The van der Waals surface area contributed by atoms with E-state index in [-0.39, 0.29) is 12.1 Å². The van der Waals surface area contributed by atoms with Gasteiger partial charge >= 0.3 is 0 Å². The number of methoxy groups -OCH3 is 1. The van der Waals surface area contributed by atoms with E-state index in [2.05, 4.69) is 51.8 Å². The van der Waals surface area contributed by atoms with Crippen molar-refractivity contribution in [2.45, 2.75) is 25.9 Å². The molecule has 0 radical (unpaired) electrons. The third-order valence-electron chi connectivity index (χ3n) is 6.32. The van der Waals surface area contributed by atoms with Crippen molar-refractivity contribution in [2.75, 3.05) is 12.0 Å². The second kappa shape index (κ2) is 9.12. The van der Waals surface area contributed by atoms with E-state index in [1.807, 2.05) is 60.8 Å². The first-order valence-electron chi connectivity index (χ1n) is 11.1. The Morgan fingerprint density at radius 1 is 0.971 bits per heavy atom. The number of ether oxygens (including phenoxy) is 1. The molecule has 172 valence electrons. The fourth-order valence-corrected chi connectivity index (χ4v) is 5.24. The minimum absolute atomic E-state index is 0.0817. The molecule has 0 bridgehead atoms. The summed E-state index contributed by atoms with van der Waals surface area (Å²) < 4.78 is 7.61. The Morgan fingerprint density at radius 2 is 1.68 bits per heavy atom. The average molecular weight is 489 g/mol. The van der Waals surface area contributed by atoms with Crippen LogP contribution >= 0.6 is 23.8 Å². The first-order valence-corrected chi connectivity index (χ1v) is 11.9. The Kier molecular flexibility index (Phi) is 6.02. The number of thiocarbonyl (C=S) groups is 1. The molecule has 4 aromatic rings. The van der Waals surface area contributed by atoms with Crippen LogP contribution in [-0.4, -0.2) is 21.8 Å². The van der Waals surface area contributed by atoms with Gasteiger partial charge in [0.25, 0.3) is 0 Å². The van der Waals surface area contributed by atoms with Crippen LogP contribution in [0, 0.1) is 13.8 Å². The maximum atomic E-state index is 6.18. The van der Waals surface area contributed by atoms with Gasteiger partial charge in [-0.1, -0.05) is 17.7 Å². The lowest BCUT2D eigenvalue weighted by Gasteiger charge is -2.28. The fraction of sp³-hybridized carbons (Fsp3) is 0.185. The highest BCUT2D eigenvalue weighted by atomic mass is 35.5. The Morgan fingerprint density at radius 3 is 2.32 bits per heavy atom. The largest absolute Gasteiger partial charge is 0.497 e. The Bertz CT molecular complexity index is 1320. The van der Waals surface area contributed by atoms with Gasteiger partial charge in [-0.3, -0.25) is 4.98 Å². The summed E-state index contributed by atoms with van der Waals surface area (Å²) in [6.07, 6.45) is 1.82. The molecule has 7 heteroatoms. The SMILES string of the molecule is COc1ccc(-n2c(C)cc([C@@H]3[C@@H](c4ccccn4)NC(=S)N3c3ccc(Cl)cc3)c2C)cc1. The normalized spacial score (nSPS) is 17.6. The van der Waals surface area contributed by atoms with Crippen molar-refractivity contribution < 1.29 is 4.74 Å². The highest BCUT2D eigenvalue weighted by Crippen LogP contribution is 2.43. The maximum absolute atomic E-state index is 6.18. The second-order valence-corrected chi connectivity index (χ2v) is 9.16. The van der Waals surface area contributed by atoms with Gasteiger partial charge in [0, 0.05) is 34.0 Å². The molecule has 3 heterocycles. The van der Waals surface area contributed by atoms with Crippen molar-refractivity contribution in [3.63, 3.8) is 0 Å². The van der Waals surface area contributed by atoms with Gasteiger partial charge in [0.15, 0.2) is 5.11 Å². The average Bonchev–Trinajstić information content (AvgIpc) is 3.35. The molecule has 1 N–H and O–H groups in total. The van der Waals surface area contributed by atoms with Crippen LogP contribution in [0.25, 0.3) is 5.69 Å². The lowest BCUT2D eigenvalue weighted by atomic mass is 9.96. The van der Waals surface area contributed by atoms with E-state index in [4.69, 9.17) is 28.6 Å². The molecule has 1 aliphatic rings. The van der Waals surface area contributed by atoms with Gasteiger partial charge in [0.1, 0.15) is 5.75 Å². The van der Waals surface area contributed by atoms with E-state index in [0.717, 1.165) is 34.2 Å². The van der Waals surface area contributed by atoms with Crippen molar-refractivity contribution in [1.82, 2.24) is 14.9 Å². The number of aryl methyl sites for hydroxylation is 1. The molecule has 5 nitrogen and oxygen atoms in total.